The minimum absolute atomic E-state index is 0. The molecule has 0 amide bonds. The van der Waals surface area contributed by atoms with Crippen LogP contribution in [0, 0.1) is 23.2 Å². The van der Waals surface area contributed by atoms with Crippen molar-refractivity contribution in [1.29, 1.82) is 0 Å². The third-order valence-corrected chi connectivity index (χ3v) is 2.61. The topological polar surface area (TPSA) is 17.1 Å². The van der Waals surface area contributed by atoms with Crippen LogP contribution in [0.1, 0.15) is 60.8 Å². The second-order valence-corrected chi connectivity index (χ2v) is 6.18. The molecule has 0 aliphatic carbocycles. The largest absolute Gasteiger partial charge is 0.290 e. The number of hydrogen-bond acceptors (Lipinski definition) is 1. The van der Waals surface area contributed by atoms with Crippen LogP contribution in [0.3, 0.4) is 0 Å². The minimum Gasteiger partial charge on any atom is -0.290 e. The predicted molar refractivity (Wildman–Crippen MR) is 76.4 cm³/mol. The molecule has 0 aromatic rings. The Kier molecular flexibility index (Phi) is 9.65. The summed E-state index contributed by atoms with van der Waals surface area (Å²) in [5, 5.41) is 0. The van der Waals surface area contributed by atoms with Crippen molar-refractivity contribution in [2.45, 2.75) is 60.8 Å². The summed E-state index contributed by atoms with van der Waals surface area (Å²) in [6, 6.07) is 0. The first-order valence-corrected chi connectivity index (χ1v) is 6.20. The Hall–Kier alpha value is 0.202. The van der Waals surface area contributed by atoms with Gasteiger partial charge in [-0.05, 0) is 37.0 Å². The Morgan fingerprint density at radius 1 is 0.812 bits per heavy atom. The molecule has 95 valence electrons. The molecule has 0 aromatic heterocycles. The second-order valence-electron chi connectivity index (χ2n) is 6.18. The van der Waals surface area contributed by atoms with E-state index in [1.54, 1.807) is 0 Å². The van der Waals surface area contributed by atoms with Gasteiger partial charge >= 0.3 is 0 Å². The van der Waals surface area contributed by atoms with Gasteiger partial charge in [-0.15, -0.1) is 0 Å². The molecule has 0 spiro atoms. The van der Waals surface area contributed by atoms with E-state index in [4.69, 9.17) is 0 Å². The van der Waals surface area contributed by atoms with Gasteiger partial charge in [-0.2, -0.15) is 0 Å². The monoisotopic (exact) mass is 241 g/mol. The van der Waals surface area contributed by atoms with E-state index >= 15 is 0 Å². The summed E-state index contributed by atoms with van der Waals surface area (Å²) in [7, 11) is 0. The Balaban J connectivity index is 0. The highest BCUT2D eigenvalue weighted by atomic mass is 27.0. The van der Waals surface area contributed by atoms with Gasteiger partial charge in [0, 0.05) is 5.41 Å². The fourth-order valence-electron chi connectivity index (χ4n) is 2.72. The van der Waals surface area contributed by atoms with Crippen LogP contribution < -0.4 is 0 Å². The van der Waals surface area contributed by atoms with Crippen LogP contribution in [0.5, 0.6) is 0 Å². The standard InChI is InChI=1S/C14H27O.Al.3H/c1-11(2)7-14(10-15,8-12(3)4)9-13(5)6;;;;/h11-13H,7-9H2,1-6H3;;;;. The van der Waals surface area contributed by atoms with E-state index in [9.17, 15) is 4.79 Å². The Morgan fingerprint density at radius 3 is 1.19 bits per heavy atom. The fraction of sp³-hybridized carbons (Fsp3) is 0.929. The Bertz CT molecular complexity index is 159. The summed E-state index contributed by atoms with van der Waals surface area (Å²) in [6.07, 6.45) is 5.30. The predicted octanol–water partition coefficient (Wildman–Crippen LogP) is 3.04. The quantitative estimate of drug-likeness (QED) is 0.626. The molecule has 0 aliphatic rings. The Labute approximate surface area is 113 Å². The average molecular weight is 241 g/mol. The summed E-state index contributed by atoms with van der Waals surface area (Å²) in [6.45, 7) is 13.1. The van der Waals surface area contributed by atoms with Gasteiger partial charge in [-0.3, -0.25) is 4.79 Å². The van der Waals surface area contributed by atoms with Gasteiger partial charge < -0.3 is 0 Å². The van der Waals surface area contributed by atoms with Gasteiger partial charge in [0.15, 0.2) is 17.4 Å². The van der Waals surface area contributed by atoms with E-state index < -0.39 is 0 Å². The summed E-state index contributed by atoms with van der Waals surface area (Å²) in [4.78, 5) is 11.3. The van der Waals surface area contributed by atoms with Crippen LogP contribution in [0.15, 0.2) is 0 Å². The fourth-order valence-corrected chi connectivity index (χ4v) is 2.72. The first kappa shape index (κ1) is 18.6. The van der Waals surface area contributed by atoms with E-state index in [0.29, 0.717) is 17.8 Å². The smallest absolute Gasteiger partial charge is 0.205 e. The van der Waals surface area contributed by atoms with Gasteiger partial charge in [0.25, 0.3) is 0 Å². The van der Waals surface area contributed by atoms with Crippen molar-refractivity contribution in [3.63, 3.8) is 0 Å². The maximum Gasteiger partial charge on any atom is 0.205 e. The summed E-state index contributed by atoms with van der Waals surface area (Å²) in [5.41, 5.74) is -0.198. The van der Waals surface area contributed by atoms with E-state index in [2.05, 4.69) is 47.8 Å². The molecule has 1 radical (unpaired) electrons. The molecule has 0 heterocycles. The van der Waals surface area contributed by atoms with E-state index in [1.165, 1.54) is 0 Å². The SMILES string of the molecule is CC(C)CC([C]=O)(CC(C)C)CC(C)C.[AlH3]. The van der Waals surface area contributed by atoms with Crippen LogP contribution in [0.2, 0.25) is 0 Å². The van der Waals surface area contributed by atoms with Crippen molar-refractivity contribution < 1.29 is 4.79 Å². The van der Waals surface area contributed by atoms with Crippen LogP contribution in [-0.4, -0.2) is 23.6 Å². The summed E-state index contributed by atoms with van der Waals surface area (Å²) in [5.74, 6) is 1.72. The molecule has 0 unspecified atom stereocenters. The normalized spacial score (nSPS) is 12.1. The van der Waals surface area contributed by atoms with Crippen LogP contribution in [0.4, 0.5) is 0 Å². The van der Waals surface area contributed by atoms with E-state index in [0.717, 1.165) is 19.3 Å². The lowest BCUT2D eigenvalue weighted by Gasteiger charge is -2.32. The number of hydrogen-bond donors (Lipinski definition) is 0. The molecule has 0 fully saturated rings. The molecule has 0 saturated heterocycles. The molecule has 2 heteroatoms. The van der Waals surface area contributed by atoms with Crippen LogP contribution in [-0.2, 0) is 4.79 Å². The average Bonchev–Trinajstić information content (AvgIpc) is 1.99. The van der Waals surface area contributed by atoms with Crippen molar-refractivity contribution in [3.05, 3.63) is 0 Å². The van der Waals surface area contributed by atoms with Crippen molar-refractivity contribution >= 4 is 23.6 Å². The van der Waals surface area contributed by atoms with Crippen molar-refractivity contribution in [1.82, 2.24) is 0 Å². The zero-order valence-electron chi connectivity index (χ0n) is 11.3. The first-order valence-electron chi connectivity index (χ1n) is 6.20. The molecular formula is C14H30AlO. The molecule has 0 rings (SSSR count). The highest BCUT2D eigenvalue weighted by Gasteiger charge is 2.33. The lowest BCUT2D eigenvalue weighted by atomic mass is 9.70. The zero-order valence-corrected chi connectivity index (χ0v) is 11.3. The molecule has 0 atom stereocenters. The van der Waals surface area contributed by atoms with Crippen LogP contribution >= 0.6 is 0 Å². The van der Waals surface area contributed by atoms with Gasteiger partial charge in [-0.1, -0.05) is 41.5 Å². The third-order valence-electron chi connectivity index (χ3n) is 2.61. The lowest BCUT2D eigenvalue weighted by molar-refractivity contribution is 0.218. The molecule has 0 aromatic carbocycles. The molecule has 0 bridgehead atoms. The molecule has 0 aliphatic heterocycles. The Morgan fingerprint density at radius 2 is 1.06 bits per heavy atom. The molecule has 0 saturated carbocycles. The van der Waals surface area contributed by atoms with Crippen molar-refractivity contribution in [3.8, 4) is 0 Å². The van der Waals surface area contributed by atoms with Gasteiger partial charge in [0.2, 0.25) is 6.29 Å². The van der Waals surface area contributed by atoms with Gasteiger partial charge in [0.1, 0.15) is 0 Å². The van der Waals surface area contributed by atoms with Gasteiger partial charge in [0.05, 0.1) is 0 Å². The summed E-state index contributed by atoms with van der Waals surface area (Å²) < 4.78 is 0. The highest BCUT2D eigenvalue weighted by Crippen LogP contribution is 2.37. The summed E-state index contributed by atoms with van der Waals surface area (Å²) >= 11 is 0. The number of rotatable bonds is 7. The lowest BCUT2D eigenvalue weighted by Crippen LogP contribution is -2.28. The third kappa shape index (κ3) is 7.47. The molecular weight excluding hydrogens is 211 g/mol. The highest BCUT2D eigenvalue weighted by molar-refractivity contribution is 5.75. The second kappa shape index (κ2) is 8.32. The minimum atomic E-state index is -0.198. The molecule has 0 N–H and O–H groups in total. The van der Waals surface area contributed by atoms with E-state index in [1.807, 2.05) is 0 Å². The molecule has 16 heavy (non-hydrogen) atoms. The maximum atomic E-state index is 11.3. The maximum absolute atomic E-state index is 11.3. The van der Waals surface area contributed by atoms with Gasteiger partial charge in [-0.25, -0.2) is 0 Å². The first-order chi connectivity index (χ1) is 6.81. The van der Waals surface area contributed by atoms with Crippen molar-refractivity contribution in [2.75, 3.05) is 0 Å². The zero-order chi connectivity index (χ0) is 12.1. The van der Waals surface area contributed by atoms with Crippen molar-refractivity contribution in [2.24, 2.45) is 23.2 Å². The number of carbonyl (C=O) groups excluding carboxylic acids is 1. The molecule has 1 nitrogen and oxygen atoms in total. The van der Waals surface area contributed by atoms with Crippen LogP contribution in [0.25, 0.3) is 0 Å². The van der Waals surface area contributed by atoms with E-state index in [-0.39, 0.29) is 22.8 Å².